The van der Waals surface area contributed by atoms with Gasteiger partial charge < -0.3 is 14.2 Å². The van der Waals surface area contributed by atoms with E-state index in [-0.39, 0.29) is 0 Å². The number of rotatable bonds is 2. The predicted octanol–water partition coefficient (Wildman–Crippen LogP) is 2.51. The number of hydrogen-bond donors (Lipinski definition) is 0. The molecule has 0 fully saturated rings. The first-order valence-electron chi connectivity index (χ1n) is 7.05. The molecular formula is C16H15N3O3. The molecule has 2 aromatic heterocycles. The lowest BCUT2D eigenvalue weighted by atomic mass is 10.2. The first kappa shape index (κ1) is 12.9. The summed E-state index contributed by atoms with van der Waals surface area (Å²) >= 11 is 0. The average molecular weight is 297 g/mol. The molecule has 3 heterocycles. The third kappa shape index (κ3) is 1.95. The third-order valence-corrected chi connectivity index (χ3v) is 3.66. The number of imidazole rings is 1. The number of aryl methyl sites for hydroxylation is 1. The predicted molar refractivity (Wildman–Crippen MR) is 81.1 cm³/mol. The van der Waals surface area contributed by atoms with Crippen molar-refractivity contribution in [1.29, 1.82) is 0 Å². The van der Waals surface area contributed by atoms with Gasteiger partial charge in [-0.3, -0.25) is 4.57 Å². The number of fused-ring (bicyclic) bond motifs is 2. The quantitative estimate of drug-likeness (QED) is 0.727. The Morgan fingerprint density at radius 3 is 2.77 bits per heavy atom. The number of methoxy groups -OCH3 is 1. The van der Waals surface area contributed by atoms with Crippen molar-refractivity contribution in [3.63, 3.8) is 0 Å². The second kappa shape index (κ2) is 4.91. The lowest BCUT2D eigenvalue weighted by Gasteiger charge is -2.19. The van der Waals surface area contributed by atoms with E-state index in [1.165, 1.54) is 0 Å². The van der Waals surface area contributed by atoms with Crippen molar-refractivity contribution in [2.45, 2.75) is 6.92 Å². The Morgan fingerprint density at radius 1 is 1.14 bits per heavy atom. The van der Waals surface area contributed by atoms with Gasteiger partial charge in [0, 0.05) is 12.1 Å². The van der Waals surface area contributed by atoms with E-state index in [9.17, 15) is 0 Å². The number of benzene rings is 1. The topological polar surface area (TPSA) is 58.4 Å². The van der Waals surface area contributed by atoms with Gasteiger partial charge in [0.25, 0.3) is 0 Å². The molecule has 3 aromatic rings. The molecule has 22 heavy (non-hydrogen) atoms. The minimum absolute atomic E-state index is 0.565. The molecule has 6 nitrogen and oxygen atoms in total. The minimum Gasteiger partial charge on any atom is -0.495 e. The smallest absolute Gasteiger partial charge is 0.164 e. The second-order valence-electron chi connectivity index (χ2n) is 5.04. The van der Waals surface area contributed by atoms with E-state index in [4.69, 9.17) is 14.2 Å². The van der Waals surface area contributed by atoms with Crippen LogP contribution in [0.3, 0.4) is 0 Å². The van der Waals surface area contributed by atoms with E-state index < -0.39 is 0 Å². The molecule has 0 N–H and O–H groups in total. The molecule has 0 saturated heterocycles. The van der Waals surface area contributed by atoms with Crippen molar-refractivity contribution >= 4 is 11.2 Å². The van der Waals surface area contributed by atoms with Gasteiger partial charge in [0.15, 0.2) is 17.1 Å². The Morgan fingerprint density at radius 2 is 1.95 bits per heavy atom. The Bertz CT molecular complexity index is 857. The SMILES string of the molecule is COc1cnc2c(c1)nc(C)n2-c1ccc2c(c1)OCCO2. The Hall–Kier alpha value is -2.76. The molecule has 0 spiro atoms. The van der Waals surface area contributed by atoms with Crippen LogP contribution >= 0.6 is 0 Å². The zero-order valence-corrected chi connectivity index (χ0v) is 12.4. The highest BCUT2D eigenvalue weighted by Crippen LogP contribution is 2.33. The summed E-state index contributed by atoms with van der Waals surface area (Å²) in [5.41, 5.74) is 2.53. The number of pyridine rings is 1. The summed E-state index contributed by atoms with van der Waals surface area (Å²) in [6.45, 7) is 3.10. The highest BCUT2D eigenvalue weighted by molar-refractivity contribution is 5.75. The van der Waals surface area contributed by atoms with E-state index >= 15 is 0 Å². The first-order valence-corrected chi connectivity index (χ1v) is 7.05. The molecule has 4 rings (SSSR count). The van der Waals surface area contributed by atoms with Crippen LogP contribution in [-0.2, 0) is 0 Å². The Balaban J connectivity index is 1.88. The van der Waals surface area contributed by atoms with Gasteiger partial charge in [-0.05, 0) is 19.1 Å². The van der Waals surface area contributed by atoms with Crippen molar-refractivity contribution in [2.75, 3.05) is 20.3 Å². The van der Waals surface area contributed by atoms with E-state index in [2.05, 4.69) is 9.97 Å². The van der Waals surface area contributed by atoms with Gasteiger partial charge in [0.1, 0.15) is 30.3 Å². The molecule has 0 aliphatic carbocycles. The van der Waals surface area contributed by atoms with Crippen LogP contribution in [0.2, 0.25) is 0 Å². The Labute approximate surface area is 127 Å². The fraction of sp³-hybridized carbons (Fsp3) is 0.250. The van der Waals surface area contributed by atoms with Gasteiger partial charge >= 0.3 is 0 Å². The summed E-state index contributed by atoms with van der Waals surface area (Å²) in [6, 6.07) is 7.73. The standard InChI is InChI=1S/C16H15N3O3/c1-10-18-13-8-12(20-2)9-17-16(13)19(10)11-3-4-14-15(7-11)22-6-5-21-14/h3-4,7-9H,5-6H2,1-2H3. The fourth-order valence-electron chi connectivity index (χ4n) is 2.65. The normalized spacial score (nSPS) is 13.4. The van der Waals surface area contributed by atoms with Crippen LogP contribution in [0, 0.1) is 6.92 Å². The highest BCUT2D eigenvalue weighted by atomic mass is 16.6. The zero-order valence-electron chi connectivity index (χ0n) is 12.4. The van der Waals surface area contributed by atoms with Gasteiger partial charge in [-0.25, -0.2) is 9.97 Å². The van der Waals surface area contributed by atoms with Gasteiger partial charge in [-0.15, -0.1) is 0 Å². The molecule has 0 radical (unpaired) electrons. The largest absolute Gasteiger partial charge is 0.495 e. The minimum atomic E-state index is 0.565. The van der Waals surface area contributed by atoms with Crippen LogP contribution < -0.4 is 14.2 Å². The fourth-order valence-corrected chi connectivity index (χ4v) is 2.65. The van der Waals surface area contributed by atoms with Crippen LogP contribution in [0.25, 0.3) is 16.9 Å². The van der Waals surface area contributed by atoms with Crippen LogP contribution in [-0.4, -0.2) is 34.9 Å². The van der Waals surface area contributed by atoms with Crippen molar-refractivity contribution in [2.24, 2.45) is 0 Å². The molecule has 6 heteroatoms. The summed E-state index contributed by atoms with van der Waals surface area (Å²) < 4.78 is 18.4. The number of ether oxygens (including phenoxy) is 3. The third-order valence-electron chi connectivity index (χ3n) is 3.66. The number of aromatic nitrogens is 3. The molecule has 0 bridgehead atoms. The molecule has 1 aromatic carbocycles. The van der Waals surface area contributed by atoms with Gasteiger partial charge in [0.05, 0.1) is 19.0 Å². The van der Waals surface area contributed by atoms with Crippen molar-refractivity contribution < 1.29 is 14.2 Å². The number of nitrogens with zero attached hydrogens (tertiary/aromatic N) is 3. The van der Waals surface area contributed by atoms with E-state index in [1.807, 2.05) is 35.8 Å². The molecule has 1 aliphatic rings. The molecule has 1 aliphatic heterocycles. The zero-order chi connectivity index (χ0) is 15.1. The summed E-state index contributed by atoms with van der Waals surface area (Å²) in [5.74, 6) is 3.07. The highest BCUT2D eigenvalue weighted by Gasteiger charge is 2.16. The van der Waals surface area contributed by atoms with Crippen molar-refractivity contribution in [1.82, 2.24) is 14.5 Å². The molecule has 0 unspecified atom stereocenters. The summed E-state index contributed by atoms with van der Waals surface area (Å²) in [6.07, 6.45) is 1.69. The molecule has 112 valence electrons. The molecule has 0 amide bonds. The number of hydrogen-bond acceptors (Lipinski definition) is 5. The van der Waals surface area contributed by atoms with Crippen molar-refractivity contribution in [3.8, 4) is 22.9 Å². The second-order valence-corrected chi connectivity index (χ2v) is 5.04. The Kier molecular flexibility index (Phi) is 2.89. The van der Waals surface area contributed by atoms with E-state index in [0.717, 1.165) is 34.2 Å². The van der Waals surface area contributed by atoms with Gasteiger partial charge in [0.2, 0.25) is 0 Å². The van der Waals surface area contributed by atoms with E-state index in [1.54, 1.807) is 13.3 Å². The van der Waals surface area contributed by atoms with Crippen LogP contribution in [0.15, 0.2) is 30.5 Å². The summed E-state index contributed by atoms with van der Waals surface area (Å²) in [4.78, 5) is 9.02. The van der Waals surface area contributed by atoms with Crippen LogP contribution in [0.1, 0.15) is 5.82 Å². The summed E-state index contributed by atoms with van der Waals surface area (Å²) in [7, 11) is 1.62. The lowest BCUT2D eigenvalue weighted by Crippen LogP contribution is -2.15. The van der Waals surface area contributed by atoms with Crippen LogP contribution in [0.5, 0.6) is 17.2 Å². The monoisotopic (exact) mass is 297 g/mol. The maximum absolute atomic E-state index is 5.65. The maximum Gasteiger partial charge on any atom is 0.164 e. The molecular weight excluding hydrogens is 282 g/mol. The van der Waals surface area contributed by atoms with E-state index in [0.29, 0.717) is 19.0 Å². The summed E-state index contributed by atoms with van der Waals surface area (Å²) in [5, 5.41) is 0. The lowest BCUT2D eigenvalue weighted by molar-refractivity contribution is 0.171. The maximum atomic E-state index is 5.65. The van der Waals surface area contributed by atoms with Crippen LogP contribution in [0.4, 0.5) is 0 Å². The van der Waals surface area contributed by atoms with Gasteiger partial charge in [-0.1, -0.05) is 0 Å². The average Bonchev–Trinajstić information content (AvgIpc) is 2.89. The molecule has 0 atom stereocenters. The molecule has 0 saturated carbocycles. The van der Waals surface area contributed by atoms with Gasteiger partial charge in [-0.2, -0.15) is 0 Å². The van der Waals surface area contributed by atoms with Crippen molar-refractivity contribution in [3.05, 3.63) is 36.3 Å². The first-order chi connectivity index (χ1) is 10.8.